The summed E-state index contributed by atoms with van der Waals surface area (Å²) in [6.45, 7) is 4.97. The first kappa shape index (κ1) is 24.0. The Morgan fingerprint density at radius 2 is 0.929 bits per heavy atom. The van der Waals surface area contributed by atoms with E-state index in [2.05, 4.69) is 10.6 Å². The molecule has 0 radical (unpaired) electrons. The third kappa shape index (κ3) is 6.38. The Kier molecular flexibility index (Phi) is 10.7. The maximum Gasteiger partial charge on any atom is 0.110 e. The van der Waals surface area contributed by atoms with Crippen LogP contribution in [0.5, 0.6) is 0 Å². The molecule has 0 aromatic heterocycles. The normalized spacial score (nSPS) is 26.4. The highest BCUT2D eigenvalue weighted by molar-refractivity contribution is 4.94. The summed E-state index contributed by atoms with van der Waals surface area (Å²) in [5.41, 5.74) is 0. The molecule has 2 saturated carbocycles. The first-order valence-corrected chi connectivity index (χ1v) is 11.7. The van der Waals surface area contributed by atoms with Crippen molar-refractivity contribution in [2.75, 3.05) is 13.1 Å². The molecule has 2 aliphatic rings. The molecular formula is C22H44N2O4. The fourth-order valence-electron chi connectivity index (χ4n) is 5.52. The molecule has 6 nitrogen and oxygen atoms in total. The second kappa shape index (κ2) is 12.5. The average Bonchev–Trinajstić information content (AvgIpc) is 2.72. The zero-order chi connectivity index (χ0) is 20.5. The van der Waals surface area contributed by atoms with Crippen molar-refractivity contribution in [2.24, 2.45) is 23.7 Å². The minimum atomic E-state index is -0.960. The van der Waals surface area contributed by atoms with Gasteiger partial charge in [0.2, 0.25) is 0 Å². The smallest absolute Gasteiger partial charge is 0.110 e. The lowest BCUT2D eigenvalue weighted by Gasteiger charge is -2.44. The molecule has 0 spiro atoms. The van der Waals surface area contributed by atoms with Gasteiger partial charge in [0.15, 0.2) is 0 Å². The molecule has 0 amide bonds. The van der Waals surface area contributed by atoms with Crippen molar-refractivity contribution in [1.29, 1.82) is 0 Å². The second-order valence-corrected chi connectivity index (χ2v) is 8.94. The molecule has 6 unspecified atom stereocenters. The van der Waals surface area contributed by atoms with Gasteiger partial charge in [0.1, 0.15) is 12.5 Å². The molecule has 6 atom stereocenters. The van der Waals surface area contributed by atoms with E-state index in [1.807, 2.05) is 13.8 Å². The molecule has 2 rings (SSSR count). The first-order valence-electron chi connectivity index (χ1n) is 11.7. The van der Waals surface area contributed by atoms with Crippen LogP contribution in [-0.2, 0) is 0 Å². The van der Waals surface area contributed by atoms with Crippen LogP contribution in [0, 0.1) is 23.7 Å². The van der Waals surface area contributed by atoms with Gasteiger partial charge in [-0.25, -0.2) is 0 Å². The van der Waals surface area contributed by atoms with Gasteiger partial charge in [-0.1, -0.05) is 52.4 Å². The van der Waals surface area contributed by atoms with Gasteiger partial charge in [0.25, 0.3) is 0 Å². The second-order valence-electron chi connectivity index (χ2n) is 8.94. The van der Waals surface area contributed by atoms with Crippen LogP contribution in [0.3, 0.4) is 0 Å². The first-order chi connectivity index (χ1) is 13.5. The zero-order valence-electron chi connectivity index (χ0n) is 17.9. The minimum absolute atomic E-state index is 0.113. The Labute approximate surface area is 171 Å². The van der Waals surface area contributed by atoms with Crippen molar-refractivity contribution in [3.63, 3.8) is 0 Å². The molecule has 2 fully saturated rings. The molecule has 0 aliphatic heterocycles. The molecule has 0 aromatic carbocycles. The van der Waals surface area contributed by atoms with Gasteiger partial charge < -0.3 is 20.4 Å². The van der Waals surface area contributed by atoms with Crippen LogP contribution in [0.25, 0.3) is 0 Å². The van der Waals surface area contributed by atoms with Crippen LogP contribution in [0.1, 0.15) is 78.1 Å². The Morgan fingerprint density at radius 3 is 1.21 bits per heavy atom. The van der Waals surface area contributed by atoms with Crippen LogP contribution < -0.4 is 10.6 Å². The molecule has 0 aromatic rings. The predicted molar refractivity (Wildman–Crippen MR) is 112 cm³/mol. The summed E-state index contributed by atoms with van der Waals surface area (Å²) >= 11 is 0. The number of nitrogens with one attached hydrogen (secondary N) is 2. The van der Waals surface area contributed by atoms with Gasteiger partial charge in [-0.05, 0) is 50.6 Å². The Hall–Kier alpha value is -0.240. The Morgan fingerprint density at radius 1 is 0.607 bits per heavy atom. The summed E-state index contributed by atoms with van der Waals surface area (Å²) in [7, 11) is 0. The van der Waals surface area contributed by atoms with Crippen molar-refractivity contribution in [3.05, 3.63) is 0 Å². The lowest BCUT2D eigenvalue weighted by atomic mass is 9.69. The van der Waals surface area contributed by atoms with Gasteiger partial charge in [0.05, 0.1) is 12.2 Å². The van der Waals surface area contributed by atoms with Crippen LogP contribution >= 0.6 is 0 Å². The average molecular weight is 401 g/mol. The number of hydrogen-bond donors (Lipinski definition) is 6. The largest absolute Gasteiger partial charge is 0.392 e. The van der Waals surface area contributed by atoms with Crippen LogP contribution in [-0.4, -0.2) is 58.2 Å². The fourth-order valence-corrected chi connectivity index (χ4v) is 5.52. The van der Waals surface area contributed by atoms with E-state index in [1.54, 1.807) is 0 Å². The Balaban J connectivity index is 2.28. The van der Waals surface area contributed by atoms with E-state index >= 15 is 0 Å². The molecular weight excluding hydrogens is 356 g/mol. The maximum atomic E-state index is 11.3. The van der Waals surface area contributed by atoms with E-state index in [-0.39, 0.29) is 11.8 Å². The van der Waals surface area contributed by atoms with Gasteiger partial charge in [0, 0.05) is 11.8 Å². The summed E-state index contributed by atoms with van der Waals surface area (Å²) in [5, 5.41) is 50.6. The summed E-state index contributed by atoms with van der Waals surface area (Å²) in [6, 6.07) is 0. The quantitative estimate of drug-likeness (QED) is 0.296. The number of aliphatic hydroxyl groups excluding tert-OH is 4. The third-order valence-electron chi connectivity index (χ3n) is 7.05. The summed E-state index contributed by atoms with van der Waals surface area (Å²) in [5.74, 6) is -1.01. The number of hydrogen-bond acceptors (Lipinski definition) is 6. The van der Waals surface area contributed by atoms with Gasteiger partial charge in [-0.3, -0.25) is 10.6 Å². The zero-order valence-corrected chi connectivity index (χ0v) is 17.9. The van der Waals surface area contributed by atoms with E-state index < -0.39 is 36.5 Å². The standard InChI is InChI=1S/C22H44N2O4/c1-3-23-21(27)17(19(25)15-11-7-5-8-12-15)18(22(28)24-4-2)20(26)16-13-9-6-10-14-16/h15-28H,3-14H2,1-2H3. The van der Waals surface area contributed by atoms with E-state index in [1.165, 1.54) is 12.8 Å². The Bertz CT molecular complexity index is 375. The van der Waals surface area contributed by atoms with Crippen molar-refractivity contribution in [3.8, 4) is 0 Å². The third-order valence-corrected chi connectivity index (χ3v) is 7.05. The number of rotatable bonds is 11. The van der Waals surface area contributed by atoms with Crippen molar-refractivity contribution >= 4 is 0 Å². The summed E-state index contributed by atoms with van der Waals surface area (Å²) < 4.78 is 0. The molecule has 28 heavy (non-hydrogen) atoms. The fraction of sp³-hybridized carbons (Fsp3) is 1.00. The molecule has 166 valence electrons. The lowest BCUT2D eigenvalue weighted by molar-refractivity contribution is -0.141. The highest BCUT2D eigenvalue weighted by atomic mass is 16.3. The highest BCUT2D eigenvalue weighted by Gasteiger charge is 2.46. The van der Waals surface area contributed by atoms with Crippen molar-refractivity contribution < 1.29 is 20.4 Å². The summed E-state index contributed by atoms with van der Waals surface area (Å²) in [4.78, 5) is 0. The predicted octanol–water partition coefficient (Wildman–Crippen LogP) is 1.96. The molecule has 2 aliphatic carbocycles. The molecule has 0 bridgehead atoms. The molecule has 0 heterocycles. The van der Waals surface area contributed by atoms with Crippen LogP contribution in [0.2, 0.25) is 0 Å². The minimum Gasteiger partial charge on any atom is -0.392 e. The van der Waals surface area contributed by atoms with E-state index in [4.69, 9.17) is 0 Å². The SMILES string of the molecule is CCNC(O)C(C(O)C1CCCCC1)C(C(O)NCC)C(O)C1CCCCC1. The van der Waals surface area contributed by atoms with E-state index in [9.17, 15) is 20.4 Å². The van der Waals surface area contributed by atoms with Crippen molar-refractivity contribution in [2.45, 2.75) is 103 Å². The molecule has 6 heteroatoms. The lowest BCUT2D eigenvalue weighted by Crippen LogP contribution is -2.58. The molecule has 6 N–H and O–H groups in total. The molecule has 0 saturated heterocycles. The summed E-state index contributed by atoms with van der Waals surface area (Å²) in [6.07, 6.45) is 7.13. The van der Waals surface area contributed by atoms with Crippen LogP contribution in [0.4, 0.5) is 0 Å². The van der Waals surface area contributed by atoms with Gasteiger partial charge in [-0.15, -0.1) is 0 Å². The van der Waals surface area contributed by atoms with E-state index in [0.29, 0.717) is 13.1 Å². The highest BCUT2D eigenvalue weighted by Crippen LogP contribution is 2.39. The van der Waals surface area contributed by atoms with Gasteiger partial charge >= 0.3 is 0 Å². The number of aliphatic hydroxyl groups is 4. The van der Waals surface area contributed by atoms with Crippen LogP contribution in [0.15, 0.2) is 0 Å². The van der Waals surface area contributed by atoms with E-state index in [0.717, 1.165) is 51.4 Å². The van der Waals surface area contributed by atoms with Crippen molar-refractivity contribution in [1.82, 2.24) is 10.6 Å². The topological polar surface area (TPSA) is 105 Å². The maximum absolute atomic E-state index is 11.3. The van der Waals surface area contributed by atoms with Gasteiger partial charge in [-0.2, -0.15) is 0 Å². The monoisotopic (exact) mass is 400 g/mol.